The molecule has 0 saturated carbocycles. The Hall–Kier alpha value is -1.91. The topological polar surface area (TPSA) is 70.4 Å². The summed E-state index contributed by atoms with van der Waals surface area (Å²) in [6.07, 6.45) is 3.48. The maximum atomic E-state index is 14.5. The summed E-state index contributed by atoms with van der Waals surface area (Å²) < 4.78 is 16.4. The van der Waals surface area contributed by atoms with E-state index in [9.17, 15) is 4.39 Å². The molecule has 0 fully saturated rings. The number of hydrogen-bond donors (Lipinski definition) is 2. The van der Waals surface area contributed by atoms with Crippen molar-refractivity contribution < 1.29 is 4.39 Å². The largest absolute Gasteiger partial charge is 0.370 e. The lowest BCUT2D eigenvalue weighted by atomic mass is 10.1. The third kappa shape index (κ3) is 6.03. The molecule has 1 unspecified atom stereocenters. The minimum absolute atomic E-state index is 0. The second-order valence-corrected chi connectivity index (χ2v) is 6.89. The highest BCUT2D eigenvalue weighted by atomic mass is 127. The highest BCUT2D eigenvalue weighted by molar-refractivity contribution is 14.0. The molecule has 0 aliphatic carbocycles. The van der Waals surface area contributed by atoms with E-state index in [0.717, 1.165) is 56.4 Å². The number of aromatic nitrogens is 3. The molecule has 2 heterocycles. The third-order valence-corrected chi connectivity index (χ3v) is 5.03. The summed E-state index contributed by atoms with van der Waals surface area (Å²) in [5.41, 5.74) is 1.50. The van der Waals surface area contributed by atoms with Crippen LogP contribution >= 0.6 is 24.0 Å². The van der Waals surface area contributed by atoms with Gasteiger partial charge in [-0.2, -0.15) is 5.10 Å². The molecule has 0 saturated heterocycles. The fourth-order valence-electron chi connectivity index (χ4n) is 3.51. The van der Waals surface area contributed by atoms with Gasteiger partial charge in [-0.1, -0.05) is 6.07 Å². The molecule has 3 rings (SSSR count). The van der Waals surface area contributed by atoms with Gasteiger partial charge < -0.3 is 15.5 Å². The number of aryl methyl sites for hydroxylation is 1. The number of guanidine groups is 1. The molecule has 0 spiro atoms. The molecule has 160 valence electrons. The van der Waals surface area contributed by atoms with Crippen molar-refractivity contribution in [3.63, 3.8) is 0 Å². The molecule has 0 bridgehead atoms. The van der Waals surface area contributed by atoms with Crippen molar-refractivity contribution in [3.8, 4) is 0 Å². The molecule has 2 aromatic rings. The molecule has 1 aliphatic rings. The fraction of sp³-hybridized carbons (Fsp3) is 0.550. The van der Waals surface area contributed by atoms with E-state index < -0.39 is 0 Å². The van der Waals surface area contributed by atoms with Crippen LogP contribution in [0.25, 0.3) is 0 Å². The molecule has 1 aromatic carbocycles. The number of fused-ring (bicyclic) bond motifs is 1. The SMILES string of the molecule is CCNC(=NCc1ccc(N(CC)CC)c(F)c1)NC1CCc2ncnn2C1.I. The van der Waals surface area contributed by atoms with Crippen LogP contribution in [0.1, 0.15) is 38.6 Å². The number of nitrogens with zero attached hydrogens (tertiary/aromatic N) is 5. The van der Waals surface area contributed by atoms with E-state index in [4.69, 9.17) is 0 Å². The first kappa shape index (κ1) is 23.4. The second kappa shape index (κ2) is 11.3. The average molecular weight is 515 g/mol. The molecule has 0 amide bonds. The number of aliphatic imine (C=N–C) groups is 1. The molecule has 7 nitrogen and oxygen atoms in total. The zero-order valence-electron chi connectivity index (χ0n) is 17.4. The zero-order valence-corrected chi connectivity index (χ0v) is 19.7. The number of hydrogen-bond acceptors (Lipinski definition) is 4. The van der Waals surface area contributed by atoms with Crippen LogP contribution in [-0.4, -0.2) is 46.4 Å². The van der Waals surface area contributed by atoms with Crippen LogP contribution in [0, 0.1) is 5.82 Å². The van der Waals surface area contributed by atoms with Gasteiger partial charge in [-0.15, -0.1) is 24.0 Å². The third-order valence-electron chi connectivity index (χ3n) is 5.03. The summed E-state index contributed by atoms with van der Waals surface area (Å²) in [7, 11) is 0. The van der Waals surface area contributed by atoms with E-state index in [1.165, 1.54) is 0 Å². The minimum Gasteiger partial charge on any atom is -0.370 e. The van der Waals surface area contributed by atoms with Crippen LogP contribution in [0.2, 0.25) is 0 Å². The normalized spacial score (nSPS) is 16.0. The lowest BCUT2D eigenvalue weighted by Crippen LogP contribution is -2.47. The summed E-state index contributed by atoms with van der Waals surface area (Å²) in [4.78, 5) is 10.9. The second-order valence-electron chi connectivity index (χ2n) is 6.89. The smallest absolute Gasteiger partial charge is 0.191 e. The van der Waals surface area contributed by atoms with E-state index in [-0.39, 0.29) is 35.8 Å². The van der Waals surface area contributed by atoms with Crippen LogP contribution < -0.4 is 15.5 Å². The van der Waals surface area contributed by atoms with E-state index in [1.807, 2.05) is 42.5 Å². The van der Waals surface area contributed by atoms with Gasteiger partial charge in [-0.3, -0.25) is 0 Å². The Morgan fingerprint density at radius 1 is 1.31 bits per heavy atom. The number of benzene rings is 1. The summed E-state index contributed by atoms with van der Waals surface area (Å²) in [5.74, 6) is 1.58. The van der Waals surface area contributed by atoms with Crippen LogP contribution in [0.4, 0.5) is 10.1 Å². The van der Waals surface area contributed by atoms with Gasteiger partial charge in [-0.25, -0.2) is 19.0 Å². The molecule has 1 atom stereocenters. The highest BCUT2D eigenvalue weighted by Crippen LogP contribution is 2.20. The predicted octanol–water partition coefficient (Wildman–Crippen LogP) is 2.95. The Labute approximate surface area is 189 Å². The van der Waals surface area contributed by atoms with Crippen molar-refractivity contribution in [1.29, 1.82) is 0 Å². The fourth-order valence-corrected chi connectivity index (χ4v) is 3.51. The Morgan fingerprint density at radius 3 is 2.79 bits per heavy atom. The van der Waals surface area contributed by atoms with Crippen molar-refractivity contribution in [3.05, 3.63) is 41.7 Å². The van der Waals surface area contributed by atoms with Crippen LogP contribution in [0.5, 0.6) is 0 Å². The number of anilines is 1. The molecule has 1 aliphatic heterocycles. The summed E-state index contributed by atoms with van der Waals surface area (Å²) in [6, 6.07) is 5.63. The summed E-state index contributed by atoms with van der Waals surface area (Å²) in [6.45, 7) is 9.63. The molecular formula is C20H31FIN7. The summed E-state index contributed by atoms with van der Waals surface area (Å²) in [5, 5.41) is 11.0. The van der Waals surface area contributed by atoms with Gasteiger partial charge in [0.25, 0.3) is 0 Å². The van der Waals surface area contributed by atoms with Gasteiger partial charge >= 0.3 is 0 Å². The molecule has 2 N–H and O–H groups in total. The van der Waals surface area contributed by atoms with Crippen LogP contribution in [-0.2, 0) is 19.5 Å². The van der Waals surface area contributed by atoms with Crippen molar-refractivity contribution in [2.75, 3.05) is 24.5 Å². The summed E-state index contributed by atoms with van der Waals surface area (Å²) >= 11 is 0. The van der Waals surface area contributed by atoms with Crippen molar-refractivity contribution in [1.82, 2.24) is 25.4 Å². The highest BCUT2D eigenvalue weighted by Gasteiger charge is 2.20. The molecule has 1 aromatic heterocycles. The minimum atomic E-state index is -0.194. The maximum Gasteiger partial charge on any atom is 0.191 e. The lowest BCUT2D eigenvalue weighted by molar-refractivity contribution is 0.392. The zero-order chi connectivity index (χ0) is 19.9. The van der Waals surface area contributed by atoms with Gasteiger partial charge in [-0.05, 0) is 44.9 Å². The van der Waals surface area contributed by atoms with Crippen LogP contribution in [0.15, 0.2) is 29.5 Å². The monoisotopic (exact) mass is 515 g/mol. The molecule has 9 heteroatoms. The predicted molar refractivity (Wildman–Crippen MR) is 125 cm³/mol. The Bertz CT molecular complexity index is 804. The van der Waals surface area contributed by atoms with Gasteiger partial charge in [0, 0.05) is 32.1 Å². The van der Waals surface area contributed by atoms with E-state index in [1.54, 1.807) is 12.4 Å². The lowest BCUT2D eigenvalue weighted by Gasteiger charge is -2.25. The van der Waals surface area contributed by atoms with Gasteiger partial charge in [0.15, 0.2) is 5.96 Å². The molecular weight excluding hydrogens is 484 g/mol. The van der Waals surface area contributed by atoms with Gasteiger partial charge in [0.1, 0.15) is 18.0 Å². The maximum absolute atomic E-state index is 14.5. The Kier molecular flexibility index (Phi) is 9.12. The van der Waals surface area contributed by atoms with Gasteiger partial charge in [0.2, 0.25) is 0 Å². The Balaban J connectivity index is 0.00000300. The average Bonchev–Trinajstić information content (AvgIpc) is 3.16. The van der Waals surface area contributed by atoms with Crippen LogP contribution in [0.3, 0.4) is 0 Å². The number of halogens is 2. The first-order valence-corrected chi connectivity index (χ1v) is 10.1. The Morgan fingerprint density at radius 2 is 2.10 bits per heavy atom. The van der Waals surface area contributed by atoms with E-state index in [0.29, 0.717) is 12.2 Å². The molecule has 29 heavy (non-hydrogen) atoms. The first-order chi connectivity index (χ1) is 13.6. The quantitative estimate of drug-likeness (QED) is 0.337. The van der Waals surface area contributed by atoms with E-state index >= 15 is 0 Å². The standard InChI is InChI=1S/C20H30FN7.HI/c1-4-22-20(26-16-8-10-19-24-14-25-28(19)13-16)23-12-15-7-9-18(17(21)11-15)27(5-2)6-3;/h7,9,11,14,16H,4-6,8,10,12-13H2,1-3H3,(H2,22,23,26);1H. The van der Waals surface area contributed by atoms with Crippen molar-refractivity contribution >= 4 is 35.6 Å². The number of rotatable bonds is 7. The van der Waals surface area contributed by atoms with E-state index in [2.05, 4.69) is 25.7 Å². The van der Waals surface area contributed by atoms with Gasteiger partial charge in [0.05, 0.1) is 18.8 Å². The van der Waals surface area contributed by atoms with Crippen molar-refractivity contribution in [2.45, 2.75) is 52.7 Å². The molecule has 0 radical (unpaired) electrons. The van der Waals surface area contributed by atoms with Crippen molar-refractivity contribution in [2.24, 2.45) is 4.99 Å². The first-order valence-electron chi connectivity index (χ1n) is 10.1. The number of nitrogens with one attached hydrogen (secondary N) is 2.